The van der Waals surface area contributed by atoms with Gasteiger partial charge in [-0.15, -0.1) is 0 Å². The first-order chi connectivity index (χ1) is 10.0. The van der Waals surface area contributed by atoms with E-state index in [9.17, 15) is 4.79 Å². The summed E-state index contributed by atoms with van der Waals surface area (Å²) in [4.78, 5) is 16.1. The molecule has 5 nitrogen and oxygen atoms in total. The Morgan fingerprint density at radius 1 is 1.43 bits per heavy atom. The van der Waals surface area contributed by atoms with Gasteiger partial charge in [-0.1, -0.05) is 25.4 Å². The van der Waals surface area contributed by atoms with E-state index in [1.54, 1.807) is 0 Å². The monoisotopic (exact) mass is 326 g/mol. The number of amides is 1. The summed E-state index contributed by atoms with van der Waals surface area (Å²) in [5.41, 5.74) is 0.446. The first-order valence-electron chi connectivity index (χ1n) is 7.11. The summed E-state index contributed by atoms with van der Waals surface area (Å²) in [6.45, 7) is 7.08. The summed E-state index contributed by atoms with van der Waals surface area (Å²) >= 11 is 7.15. The number of hydrogen-bond donors (Lipinski definition) is 0. The van der Waals surface area contributed by atoms with Crippen LogP contribution in [0.15, 0.2) is 0 Å². The van der Waals surface area contributed by atoms with Crippen molar-refractivity contribution in [3.63, 3.8) is 0 Å². The molecule has 21 heavy (non-hydrogen) atoms. The van der Waals surface area contributed by atoms with Crippen LogP contribution in [-0.4, -0.2) is 41.4 Å². The summed E-state index contributed by atoms with van der Waals surface area (Å²) in [7, 11) is 0. The maximum atomic E-state index is 12.1. The van der Waals surface area contributed by atoms with E-state index in [2.05, 4.69) is 29.2 Å². The van der Waals surface area contributed by atoms with Crippen LogP contribution in [0.2, 0.25) is 5.15 Å². The van der Waals surface area contributed by atoms with Gasteiger partial charge in [0.1, 0.15) is 16.6 Å². The molecule has 1 aliphatic rings. The van der Waals surface area contributed by atoms with Crippen LogP contribution in [0.4, 0.5) is 5.00 Å². The molecule has 0 N–H and O–H groups in total. The number of carbonyl (C=O) groups excluding carboxylic acids is 1. The molecular formula is C14H19ClN4OS. The lowest BCUT2D eigenvalue weighted by molar-refractivity contribution is -0.131. The Balaban J connectivity index is 1.91. The molecule has 0 aliphatic carbocycles. The molecule has 0 radical (unpaired) electrons. The number of aromatic nitrogens is 1. The van der Waals surface area contributed by atoms with Gasteiger partial charge in [0, 0.05) is 32.6 Å². The van der Waals surface area contributed by atoms with E-state index in [1.165, 1.54) is 11.5 Å². The van der Waals surface area contributed by atoms with Crippen LogP contribution >= 0.6 is 23.1 Å². The summed E-state index contributed by atoms with van der Waals surface area (Å²) in [5.74, 6) is 0.777. The van der Waals surface area contributed by atoms with E-state index in [1.807, 2.05) is 4.90 Å². The van der Waals surface area contributed by atoms with Crippen molar-refractivity contribution in [2.24, 2.45) is 5.92 Å². The fraction of sp³-hybridized carbons (Fsp3) is 0.643. The molecule has 1 fully saturated rings. The minimum atomic E-state index is 0.228. The van der Waals surface area contributed by atoms with Crippen molar-refractivity contribution in [1.82, 2.24) is 9.27 Å². The third kappa shape index (κ3) is 3.86. The third-order valence-corrected chi connectivity index (χ3v) is 4.88. The van der Waals surface area contributed by atoms with E-state index in [4.69, 9.17) is 16.9 Å². The molecule has 0 spiro atoms. The van der Waals surface area contributed by atoms with Gasteiger partial charge >= 0.3 is 0 Å². The molecule has 1 amide bonds. The second kappa shape index (κ2) is 7.10. The zero-order valence-corrected chi connectivity index (χ0v) is 13.9. The highest BCUT2D eigenvalue weighted by Gasteiger charge is 2.25. The molecule has 114 valence electrons. The van der Waals surface area contributed by atoms with Gasteiger partial charge in [0.25, 0.3) is 0 Å². The molecule has 1 aromatic rings. The Morgan fingerprint density at radius 2 is 2.10 bits per heavy atom. The van der Waals surface area contributed by atoms with Gasteiger partial charge in [-0.3, -0.25) is 4.79 Å². The number of piperazine rings is 1. The van der Waals surface area contributed by atoms with E-state index in [0.29, 0.717) is 31.0 Å². The quantitative estimate of drug-likeness (QED) is 0.853. The predicted octanol–water partition coefficient (Wildman–Crippen LogP) is 2.75. The van der Waals surface area contributed by atoms with Crippen LogP contribution in [0.1, 0.15) is 32.3 Å². The van der Waals surface area contributed by atoms with Gasteiger partial charge in [-0.2, -0.15) is 9.64 Å². The molecule has 1 aliphatic heterocycles. The van der Waals surface area contributed by atoms with Crippen molar-refractivity contribution in [3.8, 4) is 6.07 Å². The number of hydrogen-bond acceptors (Lipinski definition) is 5. The molecule has 0 atom stereocenters. The average Bonchev–Trinajstić information content (AvgIpc) is 2.85. The lowest BCUT2D eigenvalue weighted by atomic mass is 10.1. The van der Waals surface area contributed by atoms with Crippen molar-refractivity contribution >= 4 is 34.0 Å². The van der Waals surface area contributed by atoms with Gasteiger partial charge in [0.05, 0.1) is 0 Å². The zero-order chi connectivity index (χ0) is 15.4. The Hall–Kier alpha value is -1.32. The van der Waals surface area contributed by atoms with Crippen LogP contribution in [0.5, 0.6) is 0 Å². The smallest absolute Gasteiger partial charge is 0.222 e. The van der Waals surface area contributed by atoms with Gasteiger partial charge in [-0.05, 0) is 23.9 Å². The molecule has 2 heterocycles. The topological polar surface area (TPSA) is 60.2 Å². The van der Waals surface area contributed by atoms with Gasteiger partial charge in [0.2, 0.25) is 5.91 Å². The standard InChI is InChI=1S/C14H19ClN4OS/c1-10(2)3-4-12(20)18-5-7-19(8-6-18)14-11(9-16)13(15)17-21-14/h10H,3-8H2,1-2H3. The Labute approximate surface area is 134 Å². The van der Waals surface area contributed by atoms with E-state index < -0.39 is 0 Å². The Kier molecular flexibility index (Phi) is 5.43. The van der Waals surface area contributed by atoms with Crippen molar-refractivity contribution < 1.29 is 4.79 Å². The van der Waals surface area contributed by atoms with Gasteiger partial charge in [0.15, 0.2) is 5.15 Å². The van der Waals surface area contributed by atoms with Gasteiger partial charge in [-0.25, -0.2) is 0 Å². The second-order valence-corrected chi connectivity index (χ2v) is 6.68. The molecule has 0 bridgehead atoms. The average molecular weight is 327 g/mol. The Morgan fingerprint density at radius 3 is 2.67 bits per heavy atom. The largest absolute Gasteiger partial charge is 0.358 e. The summed E-state index contributed by atoms with van der Waals surface area (Å²) in [6, 6.07) is 2.10. The lowest BCUT2D eigenvalue weighted by Crippen LogP contribution is -2.48. The molecule has 1 saturated heterocycles. The van der Waals surface area contributed by atoms with Crippen molar-refractivity contribution in [2.75, 3.05) is 31.1 Å². The predicted molar refractivity (Wildman–Crippen MR) is 84.7 cm³/mol. The normalized spacial score (nSPS) is 15.4. The summed E-state index contributed by atoms with van der Waals surface area (Å²) < 4.78 is 4.03. The fourth-order valence-corrected chi connectivity index (χ4v) is 3.38. The van der Waals surface area contributed by atoms with Crippen LogP contribution in [0.25, 0.3) is 0 Å². The SMILES string of the molecule is CC(C)CCC(=O)N1CCN(c2snc(Cl)c2C#N)CC1. The molecule has 7 heteroatoms. The van der Waals surface area contributed by atoms with E-state index >= 15 is 0 Å². The highest BCUT2D eigenvalue weighted by Crippen LogP contribution is 2.31. The van der Waals surface area contributed by atoms with Crippen molar-refractivity contribution in [3.05, 3.63) is 10.7 Å². The van der Waals surface area contributed by atoms with Crippen LogP contribution in [0, 0.1) is 17.2 Å². The third-order valence-electron chi connectivity index (χ3n) is 3.60. The summed E-state index contributed by atoms with van der Waals surface area (Å²) in [5, 5.41) is 10.2. The first-order valence-corrected chi connectivity index (χ1v) is 8.26. The molecule has 0 unspecified atom stereocenters. The lowest BCUT2D eigenvalue weighted by Gasteiger charge is -2.35. The second-order valence-electron chi connectivity index (χ2n) is 5.57. The van der Waals surface area contributed by atoms with Crippen LogP contribution in [-0.2, 0) is 4.79 Å². The number of carbonyl (C=O) groups is 1. The highest BCUT2D eigenvalue weighted by molar-refractivity contribution is 7.10. The fourth-order valence-electron chi connectivity index (χ4n) is 2.30. The maximum Gasteiger partial charge on any atom is 0.222 e. The molecular weight excluding hydrogens is 308 g/mol. The van der Waals surface area contributed by atoms with E-state index in [-0.39, 0.29) is 11.1 Å². The number of rotatable bonds is 4. The summed E-state index contributed by atoms with van der Waals surface area (Å²) in [6.07, 6.45) is 1.55. The number of anilines is 1. The van der Waals surface area contributed by atoms with E-state index in [0.717, 1.165) is 24.5 Å². The highest BCUT2D eigenvalue weighted by atomic mass is 35.5. The minimum Gasteiger partial charge on any atom is -0.358 e. The molecule has 2 rings (SSSR count). The number of nitrogens with zero attached hydrogens (tertiary/aromatic N) is 4. The molecule has 0 saturated carbocycles. The minimum absolute atomic E-state index is 0.228. The maximum absolute atomic E-state index is 12.1. The van der Waals surface area contributed by atoms with Crippen molar-refractivity contribution in [2.45, 2.75) is 26.7 Å². The van der Waals surface area contributed by atoms with Crippen molar-refractivity contribution in [1.29, 1.82) is 5.26 Å². The molecule has 0 aromatic carbocycles. The van der Waals surface area contributed by atoms with Gasteiger partial charge < -0.3 is 9.80 Å². The number of halogens is 1. The zero-order valence-electron chi connectivity index (χ0n) is 12.3. The molecule has 1 aromatic heterocycles. The van der Waals surface area contributed by atoms with Crippen LogP contribution in [0.3, 0.4) is 0 Å². The van der Waals surface area contributed by atoms with Crippen LogP contribution < -0.4 is 4.90 Å². The first kappa shape index (κ1) is 16.1. The Bertz CT molecular complexity index is 544. The number of nitriles is 1.